The Bertz CT molecular complexity index is 677. The van der Waals surface area contributed by atoms with Crippen LogP contribution in [0.5, 0.6) is 5.75 Å². The number of ether oxygens (including phenoxy) is 1. The van der Waals surface area contributed by atoms with Gasteiger partial charge in [-0.1, -0.05) is 13.0 Å². The van der Waals surface area contributed by atoms with Crippen LogP contribution in [0.25, 0.3) is 11.3 Å². The van der Waals surface area contributed by atoms with E-state index in [9.17, 15) is 5.26 Å². The monoisotopic (exact) mass is 267 g/mol. The third-order valence-corrected chi connectivity index (χ3v) is 3.96. The van der Waals surface area contributed by atoms with E-state index >= 15 is 0 Å². The molecule has 1 aromatic carbocycles. The Balaban J connectivity index is 2.03. The first-order chi connectivity index (χ1) is 9.72. The normalized spacial score (nSPS) is 15.7. The fourth-order valence-corrected chi connectivity index (χ4v) is 2.41. The molecule has 0 atom stereocenters. The van der Waals surface area contributed by atoms with Crippen molar-refractivity contribution in [2.24, 2.45) is 0 Å². The van der Waals surface area contributed by atoms with Gasteiger partial charge in [0, 0.05) is 5.56 Å². The zero-order valence-corrected chi connectivity index (χ0v) is 11.7. The fourth-order valence-electron chi connectivity index (χ4n) is 2.41. The van der Waals surface area contributed by atoms with Gasteiger partial charge >= 0.3 is 0 Å². The topological polar surface area (TPSA) is 61.7 Å². The molecule has 0 unspecified atom stereocenters. The second kappa shape index (κ2) is 4.68. The maximum atomic E-state index is 9.24. The van der Waals surface area contributed by atoms with Gasteiger partial charge in [-0.2, -0.15) is 5.26 Å². The van der Waals surface area contributed by atoms with Crippen LogP contribution in [0.4, 0.5) is 0 Å². The van der Waals surface area contributed by atoms with Crippen molar-refractivity contribution < 1.29 is 4.74 Å². The highest BCUT2D eigenvalue weighted by Gasteiger charge is 2.47. The van der Waals surface area contributed by atoms with Crippen molar-refractivity contribution in [3.05, 3.63) is 35.8 Å². The maximum absolute atomic E-state index is 9.24. The molecular formula is C16H17N3O. The van der Waals surface area contributed by atoms with Crippen molar-refractivity contribution in [3.8, 4) is 23.1 Å². The molecule has 0 amide bonds. The minimum Gasteiger partial charge on any atom is -0.496 e. The second-order valence-electron chi connectivity index (χ2n) is 5.23. The van der Waals surface area contributed by atoms with E-state index in [0.29, 0.717) is 0 Å². The van der Waals surface area contributed by atoms with Crippen LogP contribution in [0.3, 0.4) is 0 Å². The summed E-state index contributed by atoms with van der Waals surface area (Å²) in [5.74, 6) is 1.60. The molecule has 0 saturated heterocycles. The molecule has 1 saturated carbocycles. The van der Waals surface area contributed by atoms with Crippen LogP contribution in [0, 0.1) is 11.3 Å². The number of methoxy groups -OCH3 is 1. The second-order valence-corrected chi connectivity index (χ2v) is 5.23. The van der Waals surface area contributed by atoms with Gasteiger partial charge in [0.05, 0.1) is 25.1 Å². The number of nitrogens with one attached hydrogen (secondary N) is 1. The van der Waals surface area contributed by atoms with E-state index in [-0.39, 0.29) is 5.41 Å². The number of benzene rings is 1. The molecule has 4 heteroatoms. The number of hydrogen-bond acceptors (Lipinski definition) is 3. The number of nitriles is 1. The summed E-state index contributed by atoms with van der Waals surface area (Å²) in [6, 6.07) is 8.52. The van der Waals surface area contributed by atoms with Crippen LogP contribution in [-0.2, 0) is 11.8 Å². The lowest BCUT2D eigenvalue weighted by Crippen LogP contribution is -2.04. The number of imidazole rings is 1. The Hall–Kier alpha value is -2.28. The quantitative estimate of drug-likeness (QED) is 0.925. The molecule has 0 radical (unpaired) electrons. The molecule has 2 aromatic rings. The molecule has 1 heterocycles. The van der Waals surface area contributed by atoms with Crippen molar-refractivity contribution >= 4 is 0 Å². The van der Waals surface area contributed by atoms with Crippen LogP contribution in [0.1, 0.15) is 31.2 Å². The highest BCUT2D eigenvalue weighted by Crippen LogP contribution is 2.46. The number of hydrogen-bond donors (Lipinski definition) is 1. The van der Waals surface area contributed by atoms with Gasteiger partial charge in [0.2, 0.25) is 0 Å². The summed E-state index contributed by atoms with van der Waals surface area (Å²) >= 11 is 0. The van der Waals surface area contributed by atoms with E-state index in [2.05, 4.69) is 35.1 Å². The summed E-state index contributed by atoms with van der Waals surface area (Å²) in [4.78, 5) is 7.69. The van der Waals surface area contributed by atoms with Crippen molar-refractivity contribution in [1.29, 1.82) is 5.26 Å². The molecule has 1 fully saturated rings. The Morgan fingerprint density at radius 3 is 2.85 bits per heavy atom. The van der Waals surface area contributed by atoms with E-state index in [1.54, 1.807) is 13.3 Å². The molecule has 0 aliphatic heterocycles. The number of aryl methyl sites for hydroxylation is 1. The number of aromatic amines is 1. The predicted octanol–water partition coefficient (Wildman–Crippen LogP) is 3.20. The standard InChI is InChI=1S/C16H17N3O/c1-3-11-4-5-14(20-2)12(8-11)13-9-18-15(19-13)16(10-17)6-7-16/h4-5,8-9H,3,6-7H2,1-2H3,(H,18,19). The molecule has 1 aliphatic rings. The highest BCUT2D eigenvalue weighted by atomic mass is 16.5. The van der Waals surface area contributed by atoms with Gasteiger partial charge in [-0.25, -0.2) is 4.98 Å². The average molecular weight is 267 g/mol. The molecular weight excluding hydrogens is 250 g/mol. The molecule has 20 heavy (non-hydrogen) atoms. The summed E-state index contributed by atoms with van der Waals surface area (Å²) in [7, 11) is 1.67. The molecule has 1 aromatic heterocycles. The summed E-state index contributed by atoms with van der Waals surface area (Å²) < 4.78 is 5.42. The summed E-state index contributed by atoms with van der Waals surface area (Å²) in [6.45, 7) is 2.12. The Morgan fingerprint density at radius 1 is 1.45 bits per heavy atom. The minimum atomic E-state index is -0.381. The van der Waals surface area contributed by atoms with E-state index in [0.717, 1.165) is 42.1 Å². The van der Waals surface area contributed by atoms with E-state index in [1.165, 1.54) is 5.56 Å². The predicted molar refractivity (Wildman–Crippen MR) is 76.5 cm³/mol. The van der Waals surface area contributed by atoms with Gasteiger partial charge in [-0.05, 0) is 37.0 Å². The Morgan fingerprint density at radius 2 is 2.25 bits per heavy atom. The number of aromatic nitrogens is 2. The lowest BCUT2D eigenvalue weighted by atomic mass is 10.1. The average Bonchev–Trinajstić information content (AvgIpc) is 3.15. The van der Waals surface area contributed by atoms with E-state index < -0.39 is 0 Å². The highest BCUT2D eigenvalue weighted by molar-refractivity contribution is 5.68. The lowest BCUT2D eigenvalue weighted by molar-refractivity contribution is 0.416. The molecule has 102 valence electrons. The molecule has 4 nitrogen and oxygen atoms in total. The smallest absolute Gasteiger partial charge is 0.128 e. The first-order valence-electron chi connectivity index (χ1n) is 6.86. The summed E-state index contributed by atoms with van der Waals surface area (Å²) in [6.07, 6.45) is 4.55. The molecule has 1 N–H and O–H groups in total. The van der Waals surface area contributed by atoms with Crippen LogP contribution >= 0.6 is 0 Å². The first-order valence-corrected chi connectivity index (χ1v) is 6.86. The van der Waals surface area contributed by atoms with Crippen LogP contribution in [0.2, 0.25) is 0 Å². The van der Waals surface area contributed by atoms with Crippen molar-refractivity contribution in [2.45, 2.75) is 31.6 Å². The first kappa shape index (κ1) is 12.7. The number of nitrogens with zero attached hydrogens (tertiary/aromatic N) is 2. The van der Waals surface area contributed by atoms with Crippen molar-refractivity contribution in [2.75, 3.05) is 7.11 Å². The molecule has 3 rings (SSSR count). The molecule has 0 bridgehead atoms. The third kappa shape index (κ3) is 1.96. The van der Waals surface area contributed by atoms with Gasteiger partial charge in [0.25, 0.3) is 0 Å². The van der Waals surface area contributed by atoms with Crippen LogP contribution in [0.15, 0.2) is 24.4 Å². The number of rotatable bonds is 4. The largest absolute Gasteiger partial charge is 0.496 e. The summed E-state index contributed by atoms with van der Waals surface area (Å²) in [5, 5.41) is 9.24. The lowest BCUT2D eigenvalue weighted by Gasteiger charge is -2.09. The van der Waals surface area contributed by atoms with Gasteiger partial charge in [-0.3, -0.25) is 0 Å². The van der Waals surface area contributed by atoms with Crippen molar-refractivity contribution in [1.82, 2.24) is 9.97 Å². The Kier molecular flexibility index (Phi) is 2.98. The minimum absolute atomic E-state index is 0.381. The van der Waals surface area contributed by atoms with Crippen LogP contribution in [-0.4, -0.2) is 17.1 Å². The van der Waals surface area contributed by atoms with Gasteiger partial charge in [0.15, 0.2) is 0 Å². The van der Waals surface area contributed by atoms with Crippen molar-refractivity contribution in [3.63, 3.8) is 0 Å². The van der Waals surface area contributed by atoms with Gasteiger partial charge in [0.1, 0.15) is 17.0 Å². The van der Waals surface area contributed by atoms with Gasteiger partial charge in [-0.15, -0.1) is 0 Å². The van der Waals surface area contributed by atoms with Gasteiger partial charge < -0.3 is 9.72 Å². The van der Waals surface area contributed by atoms with E-state index in [4.69, 9.17) is 4.74 Å². The van der Waals surface area contributed by atoms with E-state index in [1.807, 2.05) is 6.07 Å². The zero-order chi connectivity index (χ0) is 14.2. The molecule has 0 spiro atoms. The number of H-pyrrole nitrogens is 1. The zero-order valence-electron chi connectivity index (χ0n) is 11.7. The fraction of sp³-hybridized carbons (Fsp3) is 0.375. The third-order valence-electron chi connectivity index (χ3n) is 3.96. The van der Waals surface area contributed by atoms with Crippen LogP contribution < -0.4 is 4.74 Å². The molecule has 1 aliphatic carbocycles. The SMILES string of the molecule is CCc1ccc(OC)c(-c2cnc(C3(C#N)CC3)[nH]2)c1. The Labute approximate surface area is 118 Å². The summed E-state index contributed by atoms with van der Waals surface area (Å²) in [5.41, 5.74) is 2.78. The maximum Gasteiger partial charge on any atom is 0.128 e.